The van der Waals surface area contributed by atoms with Crippen LogP contribution >= 0.6 is 0 Å². The largest absolute Gasteiger partial charge is 0.378 e. The van der Waals surface area contributed by atoms with Crippen molar-refractivity contribution >= 4 is 35.3 Å². The molecule has 7 nitrogen and oxygen atoms in total. The molecule has 0 saturated carbocycles. The van der Waals surface area contributed by atoms with E-state index in [0.717, 1.165) is 21.8 Å². The van der Waals surface area contributed by atoms with E-state index in [1.165, 1.54) is 6.08 Å². The SMILES string of the molecule is Cc1cccc(N2C(=O)NC(=O)/C(=C\c3cccn3-c3ccc(N(C)C)cc3)C2=O)c1. The van der Waals surface area contributed by atoms with Crippen LogP contribution in [-0.4, -0.2) is 36.5 Å². The first-order valence-corrected chi connectivity index (χ1v) is 9.78. The fourth-order valence-electron chi connectivity index (χ4n) is 3.47. The van der Waals surface area contributed by atoms with Crippen molar-refractivity contribution in [2.45, 2.75) is 6.92 Å². The highest BCUT2D eigenvalue weighted by atomic mass is 16.2. The molecule has 31 heavy (non-hydrogen) atoms. The molecule has 1 saturated heterocycles. The molecule has 156 valence electrons. The van der Waals surface area contributed by atoms with Crippen molar-refractivity contribution < 1.29 is 14.4 Å². The molecule has 1 aromatic heterocycles. The molecule has 0 bridgehead atoms. The highest BCUT2D eigenvalue weighted by Crippen LogP contribution is 2.24. The molecule has 2 aromatic carbocycles. The predicted octanol–water partition coefficient (Wildman–Crippen LogP) is 3.52. The van der Waals surface area contributed by atoms with Crippen molar-refractivity contribution in [3.05, 3.63) is 83.7 Å². The molecule has 4 rings (SSSR count). The van der Waals surface area contributed by atoms with Gasteiger partial charge in [-0.1, -0.05) is 12.1 Å². The number of carbonyl (C=O) groups is 3. The number of hydrogen-bond donors (Lipinski definition) is 1. The van der Waals surface area contributed by atoms with Crippen LogP contribution in [0.2, 0.25) is 0 Å². The number of aromatic nitrogens is 1. The monoisotopic (exact) mass is 414 g/mol. The van der Waals surface area contributed by atoms with Crippen LogP contribution in [0.25, 0.3) is 11.8 Å². The van der Waals surface area contributed by atoms with Crippen LogP contribution in [0.1, 0.15) is 11.3 Å². The first kappa shape index (κ1) is 20.2. The molecular weight excluding hydrogens is 392 g/mol. The molecule has 0 spiro atoms. The van der Waals surface area contributed by atoms with Gasteiger partial charge in [0, 0.05) is 37.4 Å². The summed E-state index contributed by atoms with van der Waals surface area (Å²) in [6, 6.07) is 17.8. The maximum Gasteiger partial charge on any atom is 0.335 e. The van der Waals surface area contributed by atoms with E-state index in [1.807, 2.05) is 73.1 Å². The minimum atomic E-state index is -0.757. The van der Waals surface area contributed by atoms with Crippen LogP contribution in [0.15, 0.2) is 72.4 Å². The van der Waals surface area contributed by atoms with Crippen molar-refractivity contribution in [1.82, 2.24) is 9.88 Å². The van der Waals surface area contributed by atoms with Crippen LogP contribution in [0.4, 0.5) is 16.2 Å². The van der Waals surface area contributed by atoms with E-state index >= 15 is 0 Å². The Bertz CT molecular complexity index is 1210. The minimum absolute atomic E-state index is 0.106. The number of carbonyl (C=O) groups excluding carboxylic acids is 3. The van der Waals surface area contributed by atoms with Gasteiger partial charge in [-0.15, -0.1) is 0 Å². The van der Waals surface area contributed by atoms with Crippen LogP contribution in [0.5, 0.6) is 0 Å². The van der Waals surface area contributed by atoms with Crippen molar-refractivity contribution in [2.75, 3.05) is 23.9 Å². The predicted molar refractivity (Wildman–Crippen MR) is 120 cm³/mol. The van der Waals surface area contributed by atoms with Gasteiger partial charge < -0.3 is 9.47 Å². The Balaban J connectivity index is 1.71. The molecule has 7 heteroatoms. The standard InChI is InChI=1S/C24H22N4O3/c1-16-6-4-7-20(14-16)28-23(30)21(22(29)25-24(28)31)15-19-8-5-13-27(19)18-11-9-17(10-12-18)26(2)3/h4-15H,1-3H3,(H,25,29,31)/b21-15+. The third kappa shape index (κ3) is 3.85. The molecule has 4 amide bonds. The number of urea groups is 1. The lowest BCUT2D eigenvalue weighted by Gasteiger charge is -2.26. The summed E-state index contributed by atoms with van der Waals surface area (Å²) in [4.78, 5) is 41.0. The highest BCUT2D eigenvalue weighted by Gasteiger charge is 2.37. The van der Waals surface area contributed by atoms with Gasteiger partial charge >= 0.3 is 6.03 Å². The maximum atomic E-state index is 13.1. The van der Waals surface area contributed by atoms with E-state index in [9.17, 15) is 14.4 Å². The molecule has 1 aliphatic rings. The molecule has 0 aliphatic carbocycles. The lowest BCUT2D eigenvalue weighted by Crippen LogP contribution is -2.54. The van der Waals surface area contributed by atoms with Gasteiger partial charge in [-0.2, -0.15) is 0 Å². The fourth-order valence-corrected chi connectivity index (χ4v) is 3.47. The molecule has 2 heterocycles. The minimum Gasteiger partial charge on any atom is -0.378 e. The third-order valence-corrected chi connectivity index (χ3v) is 5.08. The number of rotatable bonds is 4. The van der Waals surface area contributed by atoms with E-state index in [-0.39, 0.29) is 5.57 Å². The topological polar surface area (TPSA) is 74.7 Å². The normalized spacial score (nSPS) is 15.4. The van der Waals surface area contributed by atoms with E-state index < -0.39 is 17.8 Å². The summed E-state index contributed by atoms with van der Waals surface area (Å²) in [5.74, 6) is -1.37. The third-order valence-electron chi connectivity index (χ3n) is 5.08. The molecule has 0 atom stereocenters. The highest BCUT2D eigenvalue weighted by molar-refractivity contribution is 6.39. The summed E-state index contributed by atoms with van der Waals surface area (Å²) in [5.41, 5.74) is 3.80. The quantitative estimate of drug-likeness (QED) is 0.524. The van der Waals surface area contributed by atoms with Crippen LogP contribution in [0, 0.1) is 6.92 Å². The smallest absolute Gasteiger partial charge is 0.335 e. The van der Waals surface area contributed by atoms with Crippen molar-refractivity contribution in [2.24, 2.45) is 0 Å². The van der Waals surface area contributed by atoms with Gasteiger partial charge in [0.15, 0.2) is 0 Å². The Morgan fingerprint density at radius 2 is 1.65 bits per heavy atom. The summed E-state index contributed by atoms with van der Waals surface area (Å²) in [6.45, 7) is 1.87. The maximum absolute atomic E-state index is 13.1. The van der Waals surface area contributed by atoms with Gasteiger partial charge in [0.2, 0.25) is 0 Å². The lowest BCUT2D eigenvalue weighted by atomic mass is 10.1. The first-order valence-electron chi connectivity index (χ1n) is 9.78. The summed E-state index contributed by atoms with van der Waals surface area (Å²) in [6.07, 6.45) is 3.36. The number of imide groups is 2. The van der Waals surface area contributed by atoms with Crippen LogP contribution in [-0.2, 0) is 9.59 Å². The lowest BCUT2D eigenvalue weighted by molar-refractivity contribution is -0.122. The number of barbiturate groups is 1. The van der Waals surface area contributed by atoms with E-state index in [4.69, 9.17) is 0 Å². The summed E-state index contributed by atoms with van der Waals surface area (Å²) < 4.78 is 1.88. The first-order chi connectivity index (χ1) is 14.8. The van der Waals surface area contributed by atoms with Crippen molar-refractivity contribution in [1.29, 1.82) is 0 Å². The Morgan fingerprint density at radius 1 is 0.903 bits per heavy atom. The summed E-state index contributed by atoms with van der Waals surface area (Å²) in [5, 5.41) is 2.26. The molecule has 0 unspecified atom stereocenters. The second-order valence-electron chi connectivity index (χ2n) is 7.51. The Kier molecular flexibility index (Phi) is 5.17. The summed E-state index contributed by atoms with van der Waals surface area (Å²) >= 11 is 0. The number of anilines is 2. The Morgan fingerprint density at radius 3 is 2.32 bits per heavy atom. The molecule has 1 fully saturated rings. The average Bonchev–Trinajstić information content (AvgIpc) is 3.19. The molecular formula is C24H22N4O3. The molecule has 1 N–H and O–H groups in total. The molecule has 0 radical (unpaired) electrons. The van der Waals surface area contributed by atoms with E-state index in [0.29, 0.717) is 11.4 Å². The fraction of sp³-hybridized carbons (Fsp3) is 0.125. The Hall–Kier alpha value is -4.13. The molecule has 3 aromatic rings. The van der Waals surface area contributed by atoms with Gasteiger partial charge in [-0.3, -0.25) is 14.9 Å². The zero-order chi connectivity index (χ0) is 22.1. The van der Waals surface area contributed by atoms with Gasteiger partial charge in [0.05, 0.1) is 5.69 Å². The van der Waals surface area contributed by atoms with Crippen LogP contribution < -0.4 is 15.1 Å². The second kappa shape index (κ2) is 7.95. The zero-order valence-electron chi connectivity index (χ0n) is 17.5. The summed E-state index contributed by atoms with van der Waals surface area (Å²) in [7, 11) is 3.93. The average molecular weight is 414 g/mol. The number of hydrogen-bond acceptors (Lipinski definition) is 4. The van der Waals surface area contributed by atoms with Crippen LogP contribution in [0.3, 0.4) is 0 Å². The van der Waals surface area contributed by atoms with Crippen molar-refractivity contribution in [3.8, 4) is 5.69 Å². The second-order valence-corrected chi connectivity index (χ2v) is 7.51. The number of nitrogens with one attached hydrogen (secondary N) is 1. The number of nitrogens with zero attached hydrogens (tertiary/aromatic N) is 3. The van der Waals surface area contributed by atoms with Gasteiger partial charge in [0.1, 0.15) is 5.57 Å². The van der Waals surface area contributed by atoms with Crippen molar-refractivity contribution in [3.63, 3.8) is 0 Å². The number of aryl methyl sites for hydroxylation is 1. The number of benzene rings is 2. The Labute approximate surface area is 180 Å². The molecule has 1 aliphatic heterocycles. The van der Waals surface area contributed by atoms with E-state index in [1.54, 1.807) is 24.3 Å². The number of amides is 4. The van der Waals surface area contributed by atoms with Gasteiger partial charge in [-0.25, -0.2) is 9.69 Å². The zero-order valence-corrected chi connectivity index (χ0v) is 17.5. The van der Waals surface area contributed by atoms with E-state index in [2.05, 4.69) is 5.32 Å². The van der Waals surface area contributed by atoms with Gasteiger partial charge in [0.25, 0.3) is 11.8 Å². The van der Waals surface area contributed by atoms with Gasteiger partial charge in [-0.05, 0) is 67.1 Å².